The van der Waals surface area contributed by atoms with E-state index < -0.39 is 12.0 Å². The number of nitrogens with zero attached hydrogens (tertiary/aromatic N) is 1. The number of rotatable bonds is 4. The van der Waals surface area contributed by atoms with Crippen molar-refractivity contribution in [3.8, 4) is 5.75 Å². The number of likely N-dealkylation sites (tertiary alicyclic amines) is 1. The summed E-state index contributed by atoms with van der Waals surface area (Å²) in [6.07, 6.45) is 3.22. The molecule has 1 aromatic carbocycles. The number of fused-ring (bicyclic) bond motifs is 1. The first-order valence-corrected chi connectivity index (χ1v) is 7.76. The predicted octanol–water partition coefficient (Wildman–Crippen LogP) is 1.95. The molecule has 0 bridgehead atoms. The van der Waals surface area contributed by atoms with Gasteiger partial charge in [0.25, 0.3) is 0 Å². The van der Waals surface area contributed by atoms with Crippen molar-refractivity contribution in [2.75, 3.05) is 13.7 Å². The third-order valence-electron chi connectivity index (χ3n) is 5.00. The van der Waals surface area contributed by atoms with Gasteiger partial charge in [0.1, 0.15) is 11.8 Å². The lowest BCUT2D eigenvalue weighted by Crippen LogP contribution is -2.44. The standard InChI is InChI=1S/C17H21NO4/c1-22-14-8-3-2-5-11(14)9-15(19)18-10-12-6-4-7-13(12)16(18)17(20)21/h2-3,5,8,12-13,16H,4,6-7,9-10H2,1H3,(H,20,21). The number of hydrogen-bond acceptors (Lipinski definition) is 3. The number of amides is 1. The van der Waals surface area contributed by atoms with Crippen molar-refractivity contribution in [2.45, 2.75) is 31.7 Å². The van der Waals surface area contributed by atoms with Gasteiger partial charge in [-0.25, -0.2) is 4.79 Å². The molecule has 5 nitrogen and oxygen atoms in total. The molecule has 2 fully saturated rings. The maximum atomic E-state index is 12.6. The Morgan fingerprint density at radius 1 is 1.32 bits per heavy atom. The minimum atomic E-state index is -0.872. The minimum absolute atomic E-state index is 0.119. The molecule has 1 aromatic rings. The molecule has 3 unspecified atom stereocenters. The van der Waals surface area contributed by atoms with Gasteiger partial charge < -0.3 is 14.7 Å². The van der Waals surface area contributed by atoms with E-state index in [4.69, 9.17) is 4.74 Å². The van der Waals surface area contributed by atoms with Gasteiger partial charge in [-0.15, -0.1) is 0 Å². The molecule has 3 atom stereocenters. The fourth-order valence-electron chi connectivity index (χ4n) is 3.99. The summed E-state index contributed by atoms with van der Waals surface area (Å²) in [6, 6.07) is 6.72. The molecule has 1 aliphatic heterocycles. The van der Waals surface area contributed by atoms with Gasteiger partial charge in [0, 0.05) is 12.1 Å². The number of carbonyl (C=O) groups is 2. The second-order valence-corrected chi connectivity index (χ2v) is 6.17. The van der Waals surface area contributed by atoms with Gasteiger partial charge in [0.15, 0.2) is 0 Å². The van der Waals surface area contributed by atoms with Crippen LogP contribution in [-0.2, 0) is 16.0 Å². The molecule has 3 rings (SSSR count). The highest BCUT2D eigenvalue weighted by Crippen LogP contribution is 2.42. The molecule has 1 N–H and O–H groups in total. The van der Waals surface area contributed by atoms with Crippen LogP contribution in [0.25, 0.3) is 0 Å². The van der Waals surface area contributed by atoms with Crippen LogP contribution in [0.4, 0.5) is 0 Å². The first kappa shape index (κ1) is 14.9. The summed E-state index contributed by atoms with van der Waals surface area (Å²) in [6.45, 7) is 0.579. The van der Waals surface area contributed by atoms with Gasteiger partial charge >= 0.3 is 5.97 Å². The molecule has 118 valence electrons. The van der Waals surface area contributed by atoms with Crippen LogP contribution in [0.1, 0.15) is 24.8 Å². The highest BCUT2D eigenvalue weighted by molar-refractivity contribution is 5.86. The second-order valence-electron chi connectivity index (χ2n) is 6.17. The zero-order valence-corrected chi connectivity index (χ0v) is 12.7. The maximum Gasteiger partial charge on any atom is 0.326 e. The molecule has 0 spiro atoms. The van der Waals surface area contributed by atoms with E-state index in [9.17, 15) is 14.7 Å². The number of methoxy groups -OCH3 is 1. The minimum Gasteiger partial charge on any atom is -0.496 e. The predicted molar refractivity (Wildman–Crippen MR) is 80.7 cm³/mol. The van der Waals surface area contributed by atoms with Gasteiger partial charge in [-0.05, 0) is 30.7 Å². The van der Waals surface area contributed by atoms with Crippen LogP contribution in [0.3, 0.4) is 0 Å². The van der Waals surface area contributed by atoms with E-state index in [-0.39, 0.29) is 18.2 Å². The molecule has 1 heterocycles. The highest BCUT2D eigenvalue weighted by Gasteiger charge is 2.49. The lowest BCUT2D eigenvalue weighted by Gasteiger charge is -2.24. The van der Waals surface area contributed by atoms with Gasteiger partial charge in [-0.1, -0.05) is 24.6 Å². The first-order chi connectivity index (χ1) is 10.6. The van der Waals surface area contributed by atoms with Crippen molar-refractivity contribution in [3.05, 3.63) is 29.8 Å². The van der Waals surface area contributed by atoms with Crippen LogP contribution >= 0.6 is 0 Å². The van der Waals surface area contributed by atoms with Gasteiger partial charge in [-0.3, -0.25) is 4.79 Å². The number of aliphatic carboxylic acids is 1. The van der Waals surface area contributed by atoms with Gasteiger partial charge in [0.2, 0.25) is 5.91 Å². The Labute approximate surface area is 129 Å². The van der Waals surface area contributed by atoms with Gasteiger partial charge in [0.05, 0.1) is 13.5 Å². The van der Waals surface area contributed by atoms with E-state index in [0.717, 1.165) is 24.8 Å². The zero-order chi connectivity index (χ0) is 15.7. The van der Waals surface area contributed by atoms with E-state index in [1.54, 1.807) is 12.0 Å². The van der Waals surface area contributed by atoms with Crippen LogP contribution in [0.15, 0.2) is 24.3 Å². The Kier molecular flexibility index (Phi) is 4.05. The summed E-state index contributed by atoms with van der Waals surface area (Å²) in [5.41, 5.74) is 0.802. The third-order valence-corrected chi connectivity index (χ3v) is 5.00. The van der Waals surface area contributed by atoms with Crippen LogP contribution in [0, 0.1) is 11.8 Å². The molecule has 0 aromatic heterocycles. The van der Waals surface area contributed by atoms with Crippen LogP contribution in [0.5, 0.6) is 5.75 Å². The van der Waals surface area contributed by atoms with E-state index in [1.165, 1.54) is 0 Å². The Morgan fingerprint density at radius 3 is 2.82 bits per heavy atom. The molecule has 1 amide bonds. The summed E-state index contributed by atoms with van der Waals surface area (Å²) in [4.78, 5) is 25.8. The van der Waals surface area contributed by atoms with Crippen molar-refractivity contribution in [1.29, 1.82) is 0 Å². The molecular formula is C17H21NO4. The molecule has 1 aliphatic carbocycles. The van der Waals surface area contributed by atoms with E-state index >= 15 is 0 Å². The number of benzene rings is 1. The topological polar surface area (TPSA) is 66.8 Å². The maximum absolute atomic E-state index is 12.6. The molecule has 0 radical (unpaired) electrons. The van der Waals surface area contributed by atoms with Crippen molar-refractivity contribution in [1.82, 2.24) is 4.90 Å². The molecule has 1 saturated heterocycles. The summed E-state index contributed by atoms with van der Waals surface area (Å²) < 4.78 is 5.27. The van der Waals surface area contributed by atoms with Crippen LogP contribution in [-0.4, -0.2) is 41.6 Å². The first-order valence-electron chi connectivity index (χ1n) is 7.76. The van der Waals surface area contributed by atoms with Crippen LogP contribution < -0.4 is 4.74 Å². The monoisotopic (exact) mass is 303 g/mol. The van der Waals surface area contributed by atoms with Crippen molar-refractivity contribution in [2.24, 2.45) is 11.8 Å². The number of carbonyl (C=O) groups excluding carboxylic acids is 1. The Balaban J connectivity index is 1.78. The number of para-hydroxylation sites is 1. The smallest absolute Gasteiger partial charge is 0.326 e. The quantitative estimate of drug-likeness (QED) is 0.923. The average Bonchev–Trinajstić information content (AvgIpc) is 3.07. The zero-order valence-electron chi connectivity index (χ0n) is 12.7. The molecule has 5 heteroatoms. The van der Waals surface area contributed by atoms with Crippen molar-refractivity contribution >= 4 is 11.9 Å². The fourth-order valence-corrected chi connectivity index (χ4v) is 3.99. The molecule has 2 aliphatic rings. The van der Waals surface area contributed by atoms with Crippen molar-refractivity contribution < 1.29 is 19.4 Å². The fraction of sp³-hybridized carbons (Fsp3) is 0.529. The highest BCUT2D eigenvalue weighted by atomic mass is 16.5. The number of carboxylic acids is 1. The number of hydrogen-bond donors (Lipinski definition) is 1. The second kappa shape index (κ2) is 5.99. The van der Waals surface area contributed by atoms with Crippen LogP contribution in [0.2, 0.25) is 0 Å². The van der Waals surface area contributed by atoms with E-state index in [0.29, 0.717) is 18.2 Å². The van der Waals surface area contributed by atoms with E-state index in [2.05, 4.69) is 0 Å². The number of ether oxygens (including phenoxy) is 1. The van der Waals surface area contributed by atoms with Gasteiger partial charge in [-0.2, -0.15) is 0 Å². The van der Waals surface area contributed by atoms with E-state index in [1.807, 2.05) is 24.3 Å². The third kappa shape index (κ3) is 2.56. The summed E-state index contributed by atoms with van der Waals surface area (Å²) in [7, 11) is 1.57. The Hall–Kier alpha value is -2.04. The SMILES string of the molecule is COc1ccccc1CC(=O)N1CC2CCCC2C1C(=O)O. The molecular weight excluding hydrogens is 282 g/mol. The largest absolute Gasteiger partial charge is 0.496 e. The lowest BCUT2D eigenvalue weighted by atomic mass is 9.94. The Bertz CT molecular complexity index is 586. The van der Waals surface area contributed by atoms with Crippen molar-refractivity contribution in [3.63, 3.8) is 0 Å². The summed E-state index contributed by atoms with van der Waals surface area (Å²) in [5, 5.41) is 9.53. The molecule has 1 saturated carbocycles. The Morgan fingerprint density at radius 2 is 2.09 bits per heavy atom. The molecule has 22 heavy (non-hydrogen) atoms. The summed E-state index contributed by atoms with van der Waals surface area (Å²) >= 11 is 0. The lowest BCUT2D eigenvalue weighted by molar-refractivity contribution is -0.149. The average molecular weight is 303 g/mol. The summed E-state index contributed by atoms with van der Waals surface area (Å²) in [5.74, 6) is 0.151. The normalized spacial score (nSPS) is 26.8. The number of carboxylic acid groups (broad SMARTS) is 1.